The van der Waals surface area contributed by atoms with Gasteiger partial charge in [0, 0.05) is 13.6 Å². The summed E-state index contributed by atoms with van der Waals surface area (Å²) in [5.74, 6) is 0.969. The van der Waals surface area contributed by atoms with E-state index < -0.39 is 10.0 Å². The number of sulfonamides is 1. The molecular formula is C9H13N3O2S. The molecule has 1 saturated heterocycles. The van der Waals surface area contributed by atoms with Crippen molar-refractivity contribution < 1.29 is 8.42 Å². The van der Waals surface area contributed by atoms with Gasteiger partial charge in [-0.3, -0.25) is 4.31 Å². The van der Waals surface area contributed by atoms with Crippen LogP contribution in [-0.2, 0) is 10.0 Å². The summed E-state index contributed by atoms with van der Waals surface area (Å²) >= 11 is 0. The number of anilines is 2. The molecule has 1 N–H and O–H groups in total. The highest BCUT2D eigenvalue weighted by Gasteiger charge is 2.28. The molecule has 6 heteroatoms. The van der Waals surface area contributed by atoms with Crippen LogP contribution in [0.4, 0.5) is 11.5 Å². The van der Waals surface area contributed by atoms with Gasteiger partial charge in [0.1, 0.15) is 5.82 Å². The molecule has 0 bridgehead atoms. The average molecular weight is 227 g/mol. The minimum atomic E-state index is -3.09. The lowest BCUT2D eigenvalue weighted by molar-refractivity contribution is 0.599. The minimum Gasteiger partial charge on any atom is -0.373 e. The van der Waals surface area contributed by atoms with Gasteiger partial charge in [-0.15, -0.1) is 0 Å². The Morgan fingerprint density at radius 2 is 2.27 bits per heavy atom. The summed E-state index contributed by atoms with van der Waals surface area (Å²) in [5, 5.41) is 2.89. The molecule has 82 valence electrons. The molecule has 2 rings (SSSR count). The molecule has 2 heterocycles. The molecule has 0 amide bonds. The first kappa shape index (κ1) is 10.2. The van der Waals surface area contributed by atoms with E-state index in [0.29, 0.717) is 18.7 Å². The molecule has 0 atom stereocenters. The number of rotatable bonds is 2. The summed E-state index contributed by atoms with van der Waals surface area (Å²) in [6.07, 6.45) is 2.27. The molecule has 0 saturated carbocycles. The van der Waals surface area contributed by atoms with Crippen LogP contribution in [0.3, 0.4) is 0 Å². The van der Waals surface area contributed by atoms with Crippen molar-refractivity contribution in [1.29, 1.82) is 0 Å². The van der Waals surface area contributed by atoms with Crippen molar-refractivity contribution in [1.82, 2.24) is 4.98 Å². The van der Waals surface area contributed by atoms with E-state index in [4.69, 9.17) is 0 Å². The fourth-order valence-electron chi connectivity index (χ4n) is 1.61. The summed E-state index contributed by atoms with van der Waals surface area (Å²) in [6.45, 7) is 0.558. The van der Waals surface area contributed by atoms with E-state index in [0.717, 1.165) is 5.82 Å². The van der Waals surface area contributed by atoms with Crippen LogP contribution >= 0.6 is 0 Å². The number of aromatic nitrogens is 1. The molecule has 15 heavy (non-hydrogen) atoms. The average Bonchev–Trinajstić information content (AvgIpc) is 2.58. The fourth-order valence-corrected chi connectivity index (χ4v) is 3.16. The van der Waals surface area contributed by atoms with Gasteiger partial charge in [-0.2, -0.15) is 0 Å². The van der Waals surface area contributed by atoms with Crippen molar-refractivity contribution in [2.75, 3.05) is 29.0 Å². The van der Waals surface area contributed by atoms with Gasteiger partial charge in [0.05, 0.1) is 17.6 Å². The van der Waals surface area contributed by atoms with E-state index in [1.54, 1.807) is 25.4 Å². The third-order valence-corrected chi connectivity index (χ3v) is 4.26. The standard InChI is InChI=1S/C9H13N3O2S/c1-10-9-4-3-8(7-11-9)12-5-2-6-15(12,13)14/h3-4,7H,2,5-6H2,1H3,(H,10,11). The Bertz CT molecular complexity index is 441. The van der Waals surface area contributed by atoms with Crippen LogP contribution in [0.2, 0.25) is 0 Å². The van der Waals surface area contributed by atoms with Crippen LogP contribution < -0.4 is 9.62 Å². The second-order valence-corrected chi connectivity index (χ2v) is 5.41. The number of nitrogens with zero attached hydrogens (tertiary/aromatic N) is 2. The largest absolute Gasteiger partial charge is 0.373 e. The Kier molecular flexibility index (Phi) is 2.52. The van der Waals surface area contributed by atoms with E-state index in [2.05, 4.69) is 10.3 Å². The van der Waals surface area contributed by atoms with E-state index in [1.165, 1.54) is 4.31 Å². The first-order valence-corrected chi connectivity index (χ1v) is 6.38. The number of hydrogen-bond donors (Lipinski definition) is 1. The molecule has 1 aromatic heterocycles. The van der Waals surface area contributed by atoms with Crippen molar-refractivity contribution >= 4 is 21.5 Å². The first-order valence-electron chi connectivity index (χ1n) is 4.78. The van der Waals surface area contributed by atoms with E-state index in [9.17, 15) is 8.42 Å². The molecule has 1 aromatic rings. The van der Waals surface area contributed by atoms with Crippen LogP contribution in [0.25, 0.3) is 0 Å². The molecule has 0 radical (unpaired) electrons. The Morgan fingerprint density at radius 1 is 1.47 bits per heavy atom. The maximum absolute atomic E-state index is 11.6. The Hall–Kier alpha value is -1.30. The van der Waals surface area contributed by atoms with Gasteiger partial charge in [-0.05, 0) is 18.6 Å². The quantitative estimate of drug-likeness (QED) is 0.806. The fraction of sp³-hybridized carbons (Fsp3) is 0.444. The molecule has 0 spiro atoms. The predicted molar refractivity (Wildman–Crippen MR) is 59.5 cm³/mol. The van der Waals surface area contributed by atoms with Crippen LogP contribution in [0.5, 0.6) is 0 Å². The van der Waals surface area contributed by atoms with Crippen LogP contribution in [0.1, 0.15) is 6.42 Å². The van der Waals surface area contributed by atoms with Crippen molar-refractivity contribution in [2.24, 2.45) is 0 Å². The van der Waals surface area contributed by atoms with E-state index in [-0.39, 0.29) is 5.75 Å². The smallest absolute Gasteiger partial charge is 0.235 e. The van der Waals surface area contributed by atoms with E-state index >= 15 is 0 Å². The Morgan fingerprint density at radius 3 is 2.73 bits per heavy atom. The third-order valence-electron chi connectivity index (χ3n) is 2.39. The zero-order valence-corrected chi connectivity index (χ0v) is 9.29. The van der Waals surface area contributed by atoms with Gasteiger partial charge in [-0.25, -0.2) is 13.4 Å². The van der Waals surface area contributed by atoms with Crippen molar-refractivity contribution in [3.63, 3.8) is 0 Å². The highest BCUT2D eigenvalue weighted by atomic mass is 32.2. The summed E-state index contributed by atoms with van der Waals surface area (Å²) < 4.78 is 24.6. The van der Waals surface area contributed by atoms with Crippen LogP contribution in [-0.4, -0.2) is 32.7 Å². The minimum absolute atomic E-state index is 0.237. The molecule has 5 nitrogen and oxygen atoms in total. The second kappa shape index (κ2) is 3.69. The topological polar surface area (TPSA) is 62.3 Å². The lowest BCUT2D eigenvalue weighted by Gasteiger charge is -2.16. The molecule has 0 unspecified atom stereocenters. The van der Waals surface area contributed by atoms with Gasteiger partial charge in [0.15, 0.2) is 0 Å². The van der Waals surface area contributed by atoms with Gasteiger partial charge >= 0.3 is 0 Å². The summed E-state index contributed by atoms with van der Waals surface area (Å²) in [6, 6.07) is 3.53. The molecule has 1 aliphatic heterocycles. The van der Waals surface area contributed by atoms with Crippen molar-refractivity contribution in [3.8, 4) is 0 Å². The molecule has 1 fully saturated rings. The highest BCUT2D eigenvalue weighted by Crippen LogP contribution is 2.23. The molecular weight excluding hydrogens is 214 g/mol. The Labute approximate surface area is 89.2 Å². The van der Waals surface area contributed by atoms with Crippen LogP contribution in [0.15, 0.2) is 18.3 Å². The highest BCUT2D eigenvalue weighted by molar-refractivity contribution is 7.93. The summed E-state index contributed by atoms with van der Waals surface area (Å²) in [4.78, 5) is 4.09. The Balaban J connectivity index is 2.30. The first-order chi connectivity index (χ1) is 7.13. The zero-order valence-electron chi connectivity index (χ0n) is 8.47. The monoisotopic (exact) mass is 227 g/mol. The SMILES string of the molecule is CNc1ccc(N2CCCS2(=O)=O)cn1. The third kappa shape index (κ3) is 1.90. The maximum Gasteiger partial charge on any atom is 0.235 e. The summed E-state index contributed by atoms with van der Waals surface area (Å²) in [7, 11) is -1.31. The second-order valence-electron chi connectivity index (χ2n) is 3.39. The lowest BCUT2D eigenvalue weighted by atomic mass is 10.4. The van der Waals surface area contributed by atoms with Crippen LogP contribution in [0, 0.1) is 0 Å². The summed E-state index contributed by atoms with van der Waals surface area (Å²) in [5.41, 5.74) is 0.645. The van der Waals surface area contributed by atoms with Gasteiger partial charge in [-0.1, -0.05) is 0 Å². The molecule has 0 aromatic carbocycles. The predicted octanol–water partition coefficient (Wildman–Crippen LogP) is 0.663. The normalized spacial score (nSPS) is 19.1. The van der Waals surface area contributed by atoms with Gasteiger partial charge < -0.3 is 5.32 Å². The van der Waals surface area contributed by atoms with Gasteiger partial charge in [0.2, 0.25) is 10.0 Å². The molecule has 1 aliphatic rings. The number of nitrogens with one attached hydrogen (secondary N) is 1. The van der Waals surface area contributed by atoms with Gasteiger partial charge in [0.25, 0.3) is 0 Å². The lowest BCUT2D eigenvalue weighted by Crippen LogP contribution is -2.25. The van der Waals surface area contributed by atoms with E-state index in [1.807, 2.05) is 0 Å². The maximum atomic E-state index is 11.6. The number of pyridine rings is 1. The number of hydrogen-bond acceptors (Lipinski definition) is 4. The van der Waals surface area contributed by atoms with Crippen molar-refractivity contribution in [3.05, 3.63) is 18.3 Å². The van der Waals surface area contributed by atoms with Crippen molar-refractivity contribution in [2.45, 2.75) is 6.42 Å². The molecule has 0 aliphatic carbocycles. The zero-order chi connectivity index (χ0) is 10.9.